The summed E-state index contributed by atoms with van der Waals surface area (Å²) >= 11 is 7.35. The van der Waals surface area contributed by atoms with Gasteiger partial charge in [-0.1, -0.05) is 11.6 Å². The van der Waals surface area contributed by atoms with Crippen LogP contribution in [0.5, 0.6) is 0 Å². The van der Waals surface area contributed by atoms with Crippen molar-refractivity contribution in [2.45, 2.75) is 13.3 Å². The Bertz CT molecular complexity index is 379. The van der Waals surface area contributed by atoms with Gasteiger partial charge in [-0.25, -0.2) is 8.78 Å². The molecule has 0 N–H and O–H groups in total. The van der Waals surface area contributed by atoms with E-state index in [1.54, 1.807) is 22.6 Å². The first kappa shape index (κ1) is 11.8. The second-order valence-electron chi connectivity index (χ2n) is 2.71. The standard InChI is InChI=1S/C9H6ClF2IO/c1-4(14)6-2-5(10)3-7(8(6)13)9(11)12/h2-3,9H,1H3. The Morgan fingerprint density at radius 3 is 2.50 bits per heavy atom. The molecule has 1 nitrogen and oxygen atoms in total. The largest absolute Gasteiger partial charge is 0.294 e. The van der Waals surface area contributed by atoms with Gasteiger partial charge < -0.3 is 0 Å². The topological polar surface area (TPSA) is 17.1 Å². The molecule has 1 rings (SSSR count). The Labute approximate surface area is 98.6 Å². The average Bonchev–Trinajstić information content (AvgIpc) is 2.07. The van der Waals surface area contributed by atoms with E-state index in [2.05, 4.69) is 0 Å². The molecule has 0 spiro atoms. The van der Waals surface area contributed by atoms with Crippen LogP contribution in [0.3, 0.4) is 0 Å². The van der Waals surface area contributed by atoms with Crippen LogP contribution in [-0.4, -0.2) is 5.78 Å². The highest BCUT2D eigenvalue weighted by Gasteiger charge is 2.17. The molecule has 0 bridgehead atoms. The van der Waals surface area contributed by atoms with Crippen molar-refractivity contribution in [3.8, 4) is 0 Å². The summed E-state index contributed by atoms with van der Waals surface area (Å²) in [6.45, 7) is 1.32. The van der Waals surface area contributed by atoms with Crippen molar-refractivity contribution in [2.75, 3.05) is 0 Å². The number of rotatable bonds is 2. The van der Waals surface area contributed by atoms with E-state index in [1.807, 2.05) is 0 Å². The molecule has 0 aliphatic carbocycles. The summed E-state index contributed by atoms with van der Waals surface area (Å²) in [5.74, 6) is -0.265. The van der Waals surface area contributed by atoms with Crippen molar-refractivity contribution in [2.24, 2.45) is 0 Å². The number of ketones is 1. The van der Waals surface area contributed by atoms with Crippen molar-refractivity contribution >= 4 is 40.0 Å². The molecule has 0 saturated carbocycles. The lowest BCUT2D eigenvalue weighted by molar-refractivity contribution is 0.101. The van der Waals surface area contributed by atoms with Gasteiger partial charge in [-0.05, 0) is 41.6 Å². The van der Waals surface area contributed by atoms with E-state index in [1.165, 1.54) is 19.1 Å². The molecule has 0 aliphatic heterocycles. The minimum absolute atomic E-state index is 0.158. The molecule has 0 saturated heterocycles. The van der Waals surface area contributed by atoms with Gasteiger partial charge in [0.05, 0.1) is 0 Å². The maximum atomic E-state index is 12.5. The second-order valence-corrected chi connectivity index (χ2v) is 4.23. The van der Waals surface area contributed by atoms with Crippen LogP contribution in [0.25, 0.3) is 0 Å². The molecular weight excluding hydrogens is 324 g/mol. The van der Waals surface area contributed by atoms with Crippen LogP contribution >= 0.6 is 34.2 Å². The summed E-state index contributed by atoms with van der Waals surface area (Å²) in [6, 6.07) is 2.58. The highest BCUT2D eigenvalue weighted by molar-refractivity contribution is 14.1. The Hall–Kier alpha value is -0.230. The van der Waals surface area contributed by atoms with Crippen molar-refractivity contribution in [1.82, 2.24) is 0 Å². The molecule has 0 atom stereocenters. The van der Waals surface area contributed by atoms with Gasteiger partial charge in [0.25, 0.3) is 6.43 Å². The van der Waals surface area contributed by atoms with Gasteiger partial charge >= 0.3 is 0 Å². The van der Waals surface area contributed by atoms with Crippen LogP contribution in [0, 0.1) is 3.57 Å². The van der Waals surface area contributed by atoms with Crippen LogP contribution in [0.15, 0.2) is 12.1 Å². The molecule has 5 heteroatoms. The lowest BCUT2D eigenvalue weighted by Gasteiger charge is -2.07. The van der Waals surface area contributed by atoms with Crippen LogP contribution in [0.4, 0.5) is 8.78 Å². The quantitative estimate of drug-likeness (QED) is 0.590. The summed E-state index contributed by atoms with van der Waals surface area (Å²) < 4.78 is 25.2. The molecule has 0 radical (unpaired) electrons. The summed E-state index contributed by atoms with van der Waals surface area (Å²) in [6.07, 6.45) is -2.61. The molecule has 14 heavy (non-hydrogen) atoms. The molecular formula is C9H6ClF2IO. The normalized spacial score (nSPS) is 10.7. The van der Waals surface area contributed by atoms with Crippen molar-refractivity contribution < 1.29 is 13.6 Å². The first-order valence-electron chi connectivity index (χ1n) is 3.71. The number of carbonyl (C=O) groups excluding carboxylic acids is 1. The number of alkyl halides is 2. The first-order valence-corrected chi connectivity index (χ1v) is 5.17. The zero-order valence-electron chi connectivity index (χ0n) is 7.15. The second kappa shape index (κ2) is 4.53. The Morgan fingerprint density at radius 2 is 2.07 bits per heavy atom. The fourth-order valence-electron chi connectivity index (χ4n) is 1.03. The molecule has 0 fully saturated rings. The maximum Gasteiger partial charge on any atom is 0.264 e. The van der Waals surface area contributed by atoms with Gasteiger partial charge in [-0.2, -0.15) is 0 Å². The lowest BCUT2D eigenvalue weighted by Crippen LogP contribution is -2.01. The smallest absolute Gasteiger partial charge is 0.264 e. The Morgan fingerprint density at radius 1 is 1.50 bits per heavy atom. The summed E-state index contributed by atoms with van der Waals surface area (Å²) in [4.78, 5) is 11.1. The van der Waals surface area contributed by atoms with Gasteiger partial charge in [0.15, 0.2) is 5.78 Å². The van der Waals surface area contributed by atoms with E-state index >= 15 is 0 Å². The predicted molar refractivity (Wildman–Crippen MR) is 59.1 cm³/mol. The van der Waals surface area contributed by atoms with E-state index in [0.29, 0.717) is 0 Å². The summed E-state index contributed by atoms with van der Waals surface area (Å²) in [5.41, 5.74) is 0.0525. The number of hydrogen-bond donors (Lipinski definition) is 0. The van der Waals surface area contributed by atoms with E-state index in [-0.39, 0.29) is 25.5 Å². The van der Waals surface area contributed by atoms with Gasteiger partial charge in [0.2, 0.25) is 0 Å². The highest BCUT2D eigenvalue weighted by Crippen LogP contribution is 2.30. The zero-order valence-corrected chi connectivity index (χ0v) is 10.1. The highest BCUT2D eigenvalue weighted by atomic mass is 127. The third-order valence-corrected chi connectivity index (χ3v) is 3.10. The first-order chi connectivity index (χ1) is 6.43. The van der Waals surface area contributed by atoms with Crippen molar-refractivity contribution in [3.05, 3.63) is 31.9 Å². The third-order valence-electron chi connectivity index (χ3n) is 1.68. The van der Waals surface area contributed by atoms with Crippen LogP contribution < -0.4 is 0 Å². The molecule has 0 unspecified atom stereocenters. The molecule has 1 aromatic rings. The van der Waals surface area contributed by atoms with Gasteiger partial charge in [-0.15, -0.1) is 0 Å². The number of carbonyl (C=O) groups is 1. The fraction of sp³-hybridized carbons (Fsp3) is 0.222. The van der Waals surface area contributed by atoms with Gasteiger partial charge in [0, 0.05) is 19.7 Å². The van der Waals surface area contributed by atoms with Gasteiger partial charge in [-0.3, -0.25) is 4.79 Å². The minimum Gasteiger partial charge on any atom is -0.294 e. The monoisotopic (exact) mass is 330 g/mol. The van der Waals surface area contributed by atoms with E-state index in [0.717, 1.165) is 0 Å². The number of halogens is 4. The summed E-state index contributed by atoms with van der Waals surface area (Å²) in [7, 11) is 0. The van der Waals surface area contributed by atoms with Gasteiger partial charge in [0.1, 0.15) is 0 Å². The van der Waals surface area contributed by atoms with Crippen LogP contribution in [0.1, 0.15) is 29.3 Å². The number of benzene rings is 1. The molecule has 0 heterocycles. The lowest BCUT2D eigenvalue weighted by atomic mass is 10.1. The van der Waals surface area contributed by atoms with Crippen LogP contribution in [0.2, 0.25) is 5.02 Å². The van der Waals surface area contributed by atoms with Crippen molar-refractivity contribution in [3.63, 3.8) is 0 Å². The van der Waals surface area contributed by atoms with Crippen molar-refractivity contribution in [1.29, 1.82) is 0 Å². The molecule has 1 aromatic carbocycles. The average molecular weight is 330 g/mol. The Kier molecular flexibility index (Phi) is 3.83. The maximum absolute atomic E-state index is 12.5. The van der Waals surface area contributed by atoms with E-state index in [9.17, 15) is 13.6 Å². The Balaban J connectivity index is 3.40. The molecule has 0 aliphatic rings. The molecule has 76 valence electrons. The summed E-state index contributed by atoms with van der Waals surface area (Å²) in [5, 5.41) is 0.158. The molecule has 0 aromatic heterocycles. The third kappa shape index (κ3) is 2.42. The van der Waals surface area contributed by atoms with E-state index in [4.69, 9.17) is 11.6 Å². The molecule has 0 amide bonds. The minimum atomic E-state index is -2.61. The fourth-order valence-corrected chi connectivity index (χ4v) is 2.18. The number of Topliss-reactive ketones (excluding diaryl/α,β-unsaturated/α-hetero) is 1. The van der Waals surface area contributed by atoms with E-state index < -0.39 is 6.43 Å². The van der Waals surface area contributed by atoms with Crippen LogP contribution in [-0.2, 0) is 0 Å². The SMILES string of the molecule is CC(=O)c1cc(Cl)cc(C(F)F)c1I. The predicted octanol–water partition coefficient (Wildman–Crippen LogP) is 4.08. The number of hydrogen-bond acceptors (Lipinski definition) is 1. The zero-order chi connectivity index (χ0) is 10.9.